The van der Waals surface area contributed by atoms with Gasteiger partial charge in [0.25, 0.3) is 0 Å². The number of hydrogen-bond acceptors (Lipinski definition) is 4. The molecule has 0 radical (unpaired) electrons. The Labute approximate surface area is 126 Å². The summed E-state index contributed by atoms with van der Waals surface area (Å²) in [5.74, 6) is -0.00142. The molecule has 0 bridgehead atoms. The maximum Gasteiger partial charge on any atom is 0.327 e. The standard InChI is InChI=1S/C16H11NO3S/c18-15-14(11-12-7-3-1-4-8-12)21-16(19)17(15)20-13-9-5-2-6-10-13/h1-11H. The van der Waals surface area contributed by atoms with Crippen LogP contribution < -0.4 is 4.84 Å². The fraction of sp³-hybridized carbons (Fsp3) is 0. The summed E-state index contributed by atoms with van der Waals surface area (Å²) in [6.45, 7) is 0. The number of carbonyl (C=O) groups is 2. The van der Waals surface area contributed by atoms with Gasteiger partial charge in [-0.05, 0) is 35.5 Å². The van der Waals surface area contributed by atoms with E-state index >= 15 is 0 Å². The Morgan fingerprint density at radius 1 is 0.905 bits per heavy atom. The van der Waals surface area contributed by atoms with Gasteiger partial charge in [0.05, 0.1) is 4.91 Å². The fourth-order valence-electron chi connectivity index (χ4n) is 1.82. The van der Waals surface area contributed by atoms with Crippen molar-refractivity contribution in [2.75, 3.05) is 0 Å². The van der Waals surface area contributed by atoms with E-state index in [-0.39, 0.29) is 0 Å². The summed E-state index contributed by atoms with van der Waals surface area (Å²) in [6, 6.07) is 18.1. The molecule has 0 N–H and O–H groups in total. The van der Waals surface area contributed by atoms with Crippen LogP contribution in [0.25, 0.3) is 6.08 Å². The molecule has 0 atom stereocenters. The van der Waals surface area contributed by atoms with Gasteiger partial charge in [0.15, 0.2) is 5.75 Å². The molecule has 0 aromatic heterocycles. The van der Waals surface area contributed by atoms with Crippen LogP contribution in [0, 0.1) is 0 Å². The lowest BCUT2D eigenvalue weighted by Gasteiger charge is -2.12. The number of para-hydroxylation sites is 1. The molecule has 2 aromatic rings. The third kappa shape index (κ3) is 2.98. The molecule has 1 aliphatic heterocycles. The van der Waals surface area contributed by atoms with Crippen LogP contribution in [-0.2, 0) is 4.79 Å². The molecular weight excluding hydrogens is 286 g/mol. The van der Waals surface area contributed by atoms with E-state index in [0.717, 1.165) is 22.4 Å². The van der Waals surface area contributed by atoms with Crippen LogP contribution in [0.1, 0.15) is 5.56 Å². The number of benzene rings is 2. The summed E-state index contributed by atoms with van der Waals surface area (Å²) in [5, 5.41) is 0.348. The SMILES string of the molecule is O=C1SC(=Cc2ccccc2)C(=O)N1Oc1ccccc1. The van der Waals surface area contributed by atoms with Gasteiger partial charge in [-0.25, -0.2) is 0 Å². The van der Waals surface area contributed by atoms with Crippen molar-refractivity contribution in [3.8, 4) is 5.75 Å². The molecule has 1 saturated heterocycles. The van der Waals surface area contributed by atoms with Crippen molar-refractivity contribution >= 4 is 29.0 Å². The van der Waals surface area contributed by atoms with Crippen molar-refractivity contribution < 1.29 is 14.4 Å². The molecule has 5 heteroatoms. The van der Waals surface area contributed by atoms with Crippen molar-refractivity contribution in [2.24, 2.45) is 0 Å². The summed E-state index contributed by atoms with van der Waals surface area (Å²) >= 11 is 0.869. The first-order valence-corrected chi connectivity index (χ1v) is 7.12. The number of hydrogen-bond donors (Lipinski definition) is 0. The van der Waals surface area contributed by atoms with E-state index in [9.17, 15) is 9.59 Å². The van der Waals surface area contributed by atoms with Gasteiger partial charge >= 0.3 is 11.1 Å². The number of rotatable bonds is 3. The van der Waals surface area contributed by atoms with Crippen LogP contribution in [-0.4, -0.2) is 16.2 Å². The average molecular weight is 297 g/mol. The van der Waals surface area contributed by atoms with Crippen LogP contribution in [0.4, 0.5) is 4.79 Å². The Morgan fingerprint density at radius 2 is 1.52 bits per heavy atom. The number of amides is 2. The molecule has 2 aromatic carbocycles. The molecule has 2 amide bonds. The Hall–Kier alpha value is -2.53. The van der Waals surface area contributed by atoms with E-state index in [4.69, 9.17) is 4.84 Å². The Balaban J connectivity index is 1.81. The normalized spacial score (nSPS) is 16.6. The fourth-order valence-corrected chi connectivity index (χ4v) is 2.58. The lowest BCUT2D eigenvalue weighted by molar-refractivity contribution is -0.139. The molecule has 1 fully saturated rings. The summed E-state index contributed by atoms with van der Waals surface area (Å²) in [6.07, 6.45) is 1.68. The Kier molecular flexibility index (Phi) is 3.75. The highest BCUT2D eigenvalue weighted by atomic mass is 32.2. The minimum atomic E-state index is -0.447. The van der Waals surface area contributed by atoms with E-state index in [2.05, 4.69) is 0 Å². The van der Waals surface area contributed by atoms with Crippen molar-refractivity contribution in [1.29, 1.82) is 0 Å². The molecule has 0 spiro atoms. The largest absolute Gasteiger partial charge is 0.368 e. The van der Waals surface area contributed by atoms with Crippen molar-refractivity contribution in [3.05, 3.63) is 71.1 Å². The highest BCUT2D eigenvalue weighted by Crippen LogP contribution is 2.32. The van der Waals surface area contributed by atoms with Gasteiger partial charge in [0.1, 0.15) is 0 Å². The van der Waals surface area contributed by atoms with E-state index in [0.29, 0.717) is 10.7 Å². The van der Waals surface area contributed by atoms with Crippen LogP contribution in [0.2, 0.25) is 0 Å². The molecule has 21 heavy (non-hydrogen) atoms. The summed E-state index contributed by atoms with van der Waals surface area (Å²) < 4.78 is 0. The first-order valence-electron chi connectivity index (χ1n) is 6.30. The van der Waals surface area contributed by atoms with Gasteiger partial charge in [0.2, 0.25) is 0 Å². The van der Waals surface area contributed by atoms with E-state index < -0.39 is 11.1 Å². The lowest BCUT2D eigenvalue weighted by Crippen LogP contribution is -2.31. The zero-order valence-electron chi connectivity index (χ0n) is 10.9. The van der Waals surface area contributed by atoms with Crippen molar-refractivity contribution in [2.45, 2.75) is 0 Å². The number of imide groups is 1. The maximum absolute atomic E-state index is 12.2. The van der Waals surface area contributed by atoms with Crippen LogP contribution in [0.15, 0.2) is 65.6 Å². The third-order valence-corrected chi connectivity index (χ3v) is 3.65. The zero-order valence-corrected chi connectivity index (χ0v) is 11.7. The molecule has 1 aliphatic rings. The first kappa shape index (κ1) is 13.5. The number of hydroxylamine groups is 2. The summed E-state index contributed by atoms with van der Waals surface area (Å²) in [5.41, 5.74) is 0.864. The number of thioether (sulfide) groups is 1. The topological polar surface area (TPSA) is 46.6 Å². The van der Waals surface area contributed by atoms with Crippen LogP contribution >= 0.6 is 11.8 Å². The summed E-state index contributed by atoms with van der Waals surface area (Å²) in [7, 11) is 0. The van der Waals surface area contributed by atoms with Crippen molar-refractivity contribution in [1.82, 2.24) is 5.06 Å². The monoisotopic (exact) mass is 297 g/mol. The van der Waals surface area contributed by atoms with Gasteiger partial charge in [-0.3, -0.25) is 9.59 Å². The van der Waals surface area contributed by atoms with Gasteiger partial charge in [0, 0.05) is 0 Å². The van der Waals surface area contributed by atoms with Crippen molar-refractivity contribution in [3.63, 3.8) is 0 Å². The molecule has 0 saturated carbocycles. The van der Waals surface area contributed by atoms with Gasteiger partial charge in [-0.1, -0.05) is 53.6 Å². The van der Waals surface area contributed by atoms with Gasteiger partial charge in [-0.15, -0.1) is 0 Å². The second-order valence-electron chi connectivity index (χ2n) is 4.29. The maximum atomic E-state index is 12.2. The van der Waals surface area contributed by atoms with Crippen LogP contribution in [0.5, 0.6) is 5.75 Å². The van der Waals surface area contributed by atoms with E-state index in [1.807, 2.05) is 36.4 Å². The average Bonchev–Trinajstić information content (AvgIpc) is 2.77. The second-order valence-corrected chi connectivity index (χ2v) is 5.28. The molecule has 3 rings (SSSR count). The van der Waals surface area contributed by atoms with E-state index in [1.54, 1.807) is 30.3 Å². The van der Waals surface area contributed by atoms with Gasteiger partial charge < -0.3 is 4.84 Å². The molecule has 104 valence electrons. The molecule has 0 unspecified atom stereocenters. The second kappa shape index (κ2) is 5.85. The van der Waals surface area contributed by atoms with Crippen LogP contribution in [0.3, 0.4) is 0 Å². The lowest BCUT2D eigenvalue weighted by atomic mass is 10.2. The molecular formula is C16H11NO3S. The quantitative estimate of drug-likeness (QED) is 0.810. The Bertz CT molecular complexity index is 698. The minimum absolute atomic E-state index is 0.349. The predicted molar refractivity (Wildman–Crippen MR) is 81.3 cm³/mol. The number of nitrogens with zero attached hydrogens (tertiary/aromatic N) is 1. The predicted octanol–water partition coefficient (Wildman–Crippen LogP) is 3.72. The zero-order chi connectivity index (χ0) is 14.7. The molecule has 4 nitrogen and oxygen atoms in total. The minimum Gasteiger partial charge on any atom is -0.368 e. The molecule has 0 aliphatic carbocycles. The number of carbonyl (C=O) groups excluding carboxylic acids is 2. The highest BCUT2D eigenvalue weighted by molar-refractivity contribution is 8.18. The Morgan fingerprint density at radius 3 is 2.19 bits per heavy atom. The molecule has 1 heterocycles. The summed E-state index contributed by atoms with van der Waals surface area (Å²) in [4.78, 5) is 29.8. The highest BCUT2D eigenvalue weighted by Gasteiger charge is 2.37. The van der Waals surface area contributed by atoms with E-state index in [1.165, 1.54) is 0 Å². The third-order valence-electron chi connectivity index (χ3n) is 2.80. The van der Waals surface area contributed by atoms with Gasteiger partial charge in [-0.2, -0.15) is 0 Å². The first-order chi connectivity index (χ1) is 10.2. The smallest absolute Gasteiger partial charge is 0.327 e.